The van der Waals surface area contributed by atoms with Crippen LogP contribution >= 0.6 is 0 Å². The van der Waals surface area contributed by atoms with Crippen LogP contribution in [0.3, 0.4) is 0 Å². The normalized spacial score (nSPS) is 13.9. The van der Waals surface area contributed by atoms with Gasteiger partial charge in [-0.2, -0.15) is 0 Å². The van der Waals surface area contributed by atoms with Gasteiger partial charge in [0.1, 0.15) is 12.1 Å². The van der Waals surface area contributed by atoms with Gasteiger partial charge in [-0.05, 0) is 26.2 Å². The van der Waals surface area contributed by atoms with Gasteiger partial charge < -0.3 is 14.8 Å². The van der Waals surface area contributed by atoms with Gasteiger partial charge >= 0.3 is 12.1 Å². The Kier molecular flexibility index (Phi) is 8.16. The fraction of sp³-hybridized carbons (Fsp3) is 0.846. The van der Waals surface area contributed by atoms with E-state index >= 15 is 0 Å². The summed E-state index contributed by atoms with van der Waals surface area (Å²) in [5.74, 6) is -0.148. The number of ether oxygens (including phenoxy) is 2. The molecule has 0 aliphatic rings. The van der Waals surface area contributed by atoms with E-state index in [4.69, 9.17) is 9.47 Å². The molecule has 0 saturated heterocycles. The number of nitrogens with one attached hydrogen (secondary N) is 1. The van der Waals surface area contributed by atoms with Gasteiger partial charge in [0.2, 0.25) is 0 Å². The number of amides is 1. The van der Waals surface area contributed by atoms with Gasteiger partial charge in [0.05, 0.1) is 6.61 Å². The molecular weight excluding hydrogens is 234 g/mol. The molecule has 0 heterocycles. The van der Waals surface area contributed by atoms with Crippen molar-refractivity contribution in [3.8, 4) is 0 Å². The van der Waals surface area contributed by atoms with E-state index in [1.54, 1.807) is 6.92 Å². The number of esters is 1. The fourth-order valence-electron chi connectivity index (χ4n) is 1.25. The molecule has 0 aromatic heterocycles. The number of carbonyl (C=O) groups is 2. The van der Waals surface area contributed by atoms with Crippen molar-refractivity contribution in [1.29, 1.82) is 0 Å². The first-order chi connectivity index (χ1) is 8.42. The Morgan fingerprint density at radius 3 is 2.22 bits per heavy atom. The zero-order valence-corrected chi connectivity index (χ0v) is 12.0. The van der Waals surface area contributed by atoms with Crippen molar-refractivity contribution in [3.05, 3.63) is 0 Å². The first kappa shape index (κ1) is 16.7. The highest BCUT2D eigenvalue weighted by atomic mass is 16.6. The predicted molar refractivity (Wildman–Crippen MR) is 69.2 cm³/mol. The third-order valence-electron chi connectivity index (χ3n) is 2.67. The van der Waals surface area contributed by atoms with Crippen molar-refractivity contribution in [1.82, 2.24) is 5.32 Å². The van der Waals surface area contributed by atoms with Crippen LogP contribution in [0.4, 0.5) is 4.79 Å². The predicted octanol–water partition coefficient (Wildman–Crippen LogP) is 2.49. The molecular formula is C13H25NO4. The molecule has 0 spiro atoms. The van der Waals surface area contributed by atoms with Gasteiger partial charge in [0.25, 0.3) is 0 Å². The highest BCUT2D eigenvalue weighted by molar-refractivity contribution is 5.81. The van der Waals surface area contributed by atoms with Gasteiger partial charge in [0, 0.05) is 0 Å². The lowest BCUT2D eigenvalue weighted by atomic mass is 10.1. The molecule has 0 bridgehead atoms. The topological polar surface area (TPSA) is 64.6 Å². The highest BCUT2D eigenvalue weighted by Crippen LogP contribution is 2.09. The summed E-state index contributed by atoms with van der Waals surface area (Å²) in [6, 6.07) is -0.629. The highest BCUT2D eigenvalue weighted by Gasteiger charge is 2.24. The Morgan fingerprint density at radius 1 is 1.17 bits per heavy atom. The Balaban J connectivity index is 4.39. The molecule has 1 amide bonds. The minimum Gasteiger partial charge on any atom is -0.461 e. The Labute approximate surface area is 109 Å². The summed E-state index contributed by atoms with van der Waals surface area (Å²) in [4.78, 5) is 23.2. The molecule has 1 unspecified atom stereocenters. The molecule has 2 atom stereocenters. The van der Waals surface area contributed by atoms with Crippen LogP contribution in [0.15, 0.2) is 0 Å². The number of alkyl carbamates (subject to hydrolysis) is 1. The molecule has 0 fully saturated rings. The van der Waals surface area contributed by atoms with Gasteiger partial charge in [0.15, 0.2) is 0 Å². The van der Waals surface area contributed by atoms with Gasteiger partial charge in [-0.1, -0.05) is 27.2 Å². The van der Waals surface area contributed by atoms with Crippen molar-refractivity contribution in [3.63, 3.8) is 0 Å². The summed E-state index contributed by atoms with van der Waals surface area (Å²) in [5, 5.41) is 2.53. The second-order valence-electron chi connectivity index (χ2n) is 4.59. The molecule has 1 N–H and O–H groups in total. The van der Waals surface area contributed by atoms with Crippen molar-refractivity contribution < 1.29 is 19.1 Å². The zero-order chi connectivity index (χ0) is 14.1. The van der Waals surface area contributed by atoms with E-state index in [0.29, 0.717) is 6.42 Å². The van der Waals surface area contributed by atoms with Gasteiger partial charge in [-0.25, -0.2) is 9.59 Å². The van der Waals surface area contributed by atoms with Crippen LogP contribution in [0.2, 0.25) is 0 Å². The molecule has 0 rings (SSSR count). The summed E-state index contributed by atoms with van der Waals surface area (Å²) in [6.07, 6.45) is 0.580. The Hall–Kier alpha value is -1.26. The van der Waals surface area contributed by atoms with Crippen LogP contribution in [-0.4, -0.2) is 30.8 Å². The molecule has 106 valence electrons. The molecule has 5 heteroatoms. The maximum Gasteiger partial charge on any atom is 0.407 e. The van der Waals surface area contributed by atoms with Crippen LogP contribution in [-0.2, 0) is 14.3 Å². The van der Waals surface area contributed by atoms with Crippen molar-refractivity contribution in [2.45, 2.75) is 59.6 Å². The molecule has 18 heavy (non-hydrogen) atoms. The second-order valence-corrected chi connectivity index (χ2v) is 4.59. The van der Waals surface area contributed by atoms with E-state index in [1.165, 1.54) is 0 Å². The minimum atomic E-state index is -0.629. The average Bonchev–Trinajstić information content (AvgIpc) is 2.28. The first-order valence-electron chi connectivity index (χ1n) is 6.56. The molecule has 5 nitrogen and oxygen atoms in total. The van der Waals surface area contributed by atoms with E-state index in [-0.39, 0.29) is 18.6 Å². The van der Waals surface area contributed by atoms with Crippen LogP contribution in [0.25, 0.3) is 0 Å². The Morgan fingerprint density at radius 2 is 1.78 bits per heavy atom. The smallest absolute Gasteiger partial charge is 0.407 e. The third-order valence-corrected chi connectivity index (χ3v) is 2.67. The maximum atomic E-state index is 11.9. The lowest BCUT2D eigenvalue weighted by Crippen LogP contribution is -2.43. The Bertz CT molecular complexity index is 266. The number of carbonyl (C=O) groups excluding carboxylic acids is 2. The second kappa shape index (κ2) is 8.78. The SMILES string of the molecule is CCCC(NC(=O)OCC)C(=O)O[C@@H](C)C(C)C. The molecule has 0 saturated carbocycles. The largest absolute Gasteiger partial charge is 0.461 e. The quantitative estimate of drug-likeness (QED) is 0.713. The van der Waals surface area contributed by atoms with Crippen LogP contribution < -0.4 is 5.32 Å². The van der Waals surface area contributed by atoms with E-state index in [9.17, 15) is 9.59 Å². The monoisotopic (exact) mass is 259 g/mol. The van der Waals surface area contributed by atoms with Crippen LogP contribution in [0, 0.1) is 5.92 Å². The molecule has 0 aromatic carbocycles. The fourth-order valence-corrected chi connectivity index (χ4v) is 1.25. The third kappa shape index (κ3) is 6.47. The van der Waals surface area contributed by atoms with E-state index in [0.717, 1.165) is 6.42 Å². The van der Waals surface area contributed by atoms with Crippen LogP contribution in [0.1, 0.15) is 47.5 Å². The molecule has 0 radical (unpaired) electrons. The van der Waals surface area contributed by atoms with E-state index in [1.807, 2.05) is 27.7 Å². The molecule has 0 aliphatic heterocycles. The summed E-state index contributed by atoms with van der Waals surface area (Å²) in [7, 11) is 0. The lowest BCUT2D eigenvalue weighted by Gasteiger charge is -2.21. The summed E-state index contributed by atoms with van der Waals surface area (Å²) >= 11 is 0. The first-order valence-corrected chi connectivity index (χ1v) is 6.56. The molecule has 0 aliphatic carbocycles. The number of hydrogen-bond acceptors (Lipinski definition) is 4. The minimum absolute atomic E-state index is 0.166. The maximum absolute atomic E-state index is 11.9. The van der Waals surface area contributed by atoms with Crippen molar-refractivity contribution in [2.24, 2.45) is 5.92 Å². The summed E-state index contributed by atoms with van der Waals surface area (Å²) < 4.78 is 10.1. The van der Waals surface area contributed by atoms with Crippen molar-refractivity contribution >= 4 is 12.1 Å². The summed E-state index contributed by atoms with van der Waals surface area (Å²) in [6.45, 7) is 9.74. The van der Waals surface area contributed by atoms with E-state index < -0.39 is 18.1 Å². The number of rotatable bonds is 7. The average molecular weight is 259 g/mol. The van der Waals surface area contributed by atoms with Gasteiger partial charge in [-0.15, -0.1) is 0 Å². The molecule has 0 aromatic rings. The van der Waals surface area contributed by atoms with Crippen LogP contribution in [0.5, 0.6) is 0 Å². The van der Waals surface area contributed by atoms with E-state index in [2.05, 4.69) is 5.32 Å². The lowest BCUT2D eigenvalue weighted by molar-refractivity contribution is -0.152. The zero-order valence-electron chi connectivity index (χ0n) is 12.0. The number of hydrogen-bond donors (Lipinski definition) is 1. The standard InChI is InChI=1S/C13H25NO4/c1-6-8-11(14-13(16)17-7-2)12(15)18-10(5)9(3)4/h9-11H,6-8H2,1-5H3,(H,14,16)/t10-,11?/m0/s1. The van der Waals surface area contributed by atoms with Crippen molar-refractivity contribution in [2.75, 3.05) is 6.61 Å². The van der Waals surface area contributed by atoms with Gasteiger partial charge in [-0.3, -0.25) is 0 Å². The summed E-state index contributed by atoms with van der Waals surface area (Å²) in [5.41, 5.74) is 0.